The van der Waals surface area contributed by atoms with E-state index in [0.29, 0.717) is 12.4 Å². The van der Waals surface area contributed by atoms with Crippen LogP contribution < -0.4 is 5.32 Å². The molecule has 1 amide bonds. The molecule has 0 heterocycles. The van der Waals surface area contributed by atoms with Gasteiger partial charge in [0, 0.05) is 12.4 Å². The third-order valence-electron chi connectivity index (χ3n) is 1.58. The molecule has 0 aliphatic heterocycles. The lowest BCUT2D eigenvalue weighted by Gasteiger charge is -2.05. The Morgan fingerprint density at radius 1 is 1.36 bits per heavy atom. The van der Waals surface area contributed by atoms with Crippen LogP contribution in [0.1, 0.15) is 5.56 Å². The summed E-state index contributed by atoms with van der Waals surface area (Å²) in [4.78, 5) is 11.0. The van der Waals surface area contributed by atoms with Crippen LogP contribution >= 0.6 is 11.6 Å². The molecule has 4 heteroatoms. The molecule has 1 rings (SSSR count). The van der Waals surface area contributed by atoms with Gasteiger partial charge in [0.05, 0.1) is 0 Å². The van der Waals surface area contributed by atoms with Gasteiger partial charge in [-0.05, 0) is 5.56 Å². The molecular formula is C10H12ClNO2. The summed E-state index contributed by atoms with van der Waals surface area (Å²) in [5.74, 6) is 0.389. The molecule has 0 spiro atoms. The average Bonchev–Trinajstić information content (AvgIpc) is 2.25. The lowest BCUT2D eigenvalue weighted by Crippen LogP contribution is -2.25. The van der Waals surface area contributed by atoms with Crippen molar-refractivity contribution < 1.29 is 9.53 Å². The number of carbonyl (C=O) groups is 1. The molecule has 0 saturated carbocycles. The molecule has 76 valence electrons. The van der Waals surface area contributed by atoms with Gasteiger partial charge in [-0.2, -0.15) is 0 Å². The molecule has 0 aliphatic rings. The molecule has 0 fully saturated rings. The predicted octanol–water partition coefficient (Wildman–Crippen LogP) is 2.15. The maximum Gasteiger partial charge on any atom is 0.407 e. The van der Waals surface area contributed by atoms with Gasteiger partial charge in [0.1, 0.15) is 6.61 Å². The molecule has 0 saturated heterocycles. The van der Waals surface area contributed by atoms with E-state index in [1.54, 1.807) is 0 Å². The van der Waals surface area contributed by atoms with Crippen LogP contribution in [0.25, 0.3) is 0 Å². The van der Waals surface area contributed by atoms with E-state index in [9.17, 15) is 4.79 Å². The van der Waals surface area contributed by atoms with Crippen LogP contribution in [0.2, 0.25) is 0 Å². The standard InChI is InChI=1S/C10H12ClNO2/c11-6-7-12-10(13)14-8-9-4-2-1-3-5-9/h1-5H,6-8H2,(H,12,13). The minimum atomic E-state index is -0.436. The van der Waals surface area contributed by atoms with Crippen LogP contribution in [0.4, 0.5) is 4.79 Å². The fourth-order valence-electron chi connectivity index (χ4n) is 0.923. The highest BCUT2D eigenvalue weighted by Crippen LogP contribution is 2.00. The number of rotatable bonds is 4. The number of carbonyl (C=O) groups excluding carboxylic acids is 1. The van der Waals surface area contributed by atoms with E-state index in [0.717, 1.165) is 5.56 Å². The first-order valence-electron chi connectivity index (χ1n) is 4.33. The molecular weight excluding hydrogens is 202 g/mol. The Hall–Kier alpha value is -1.22. The van der Waals surface area contributed by atoms with Crippen LogP contribution in [-0.2, 0) is 11.3 Å². The lowest BCUT2D eigenvalue weighted by molar-refractivity contribution is 0.140. The Bertz CT molecular complexity index is 277. The van der Waals surface area contributed by atoms with E-state index in [-0.39, 0.29) is 6.61 Å². The number of alkyl halides is 1. The van der Waals surface area contributed by atoms with E-state index in [2.05, 4.69) is 5.32 Å². The Kier molecular flexibility index (Phi) is 4.86. The van der Waals surface area contributed by atoms with E-state index in [1.807, 2.05) is 30.3 Å². The second-order valence-electron chi connectivity index (χ2n) is 2.68. The van der Waals surface area contributed by atoms with Crippen LogP contribution in [0.5, 0.6) is 0 Å². The quantitative estimate of drug-likeness (QED) is 0.779. The van der Waals surface area contributed by atoms with Crippen LogP contribution in [0.15, 0.2) is 30.3 Å². The molecule has 0 radical (unpaired) electrons. The van der Waals surface area contributed by atoms with Crippen molar-refractivity contribution in [2.75, 3.05) is 12.4 Å². The van der Waals surface area contributed by atoms with Gasteiger partial charge in [0.25, 0.3) is 0 Å². The third-order valence-corrected chi connectivity index (χ3v) is 1.77. The number of nitrogens with one attached hydrogen (secondary N) is 1. The second kappa shape index (κ2) is 6.27. The lowest BCUT2D eigenvalue weighted by atomic mass is 10.2. The van der Waals surface area contributed by atoms with Crippen molar-refractivity contribution in [2.45, 2.75) is 6.61 Å². The van der Waals surface area contributed by atoms with Gasteiger partial charge < -0.3 is 10.1 Å². The monoisotopic (exact) mass is 213 g/mol. The van der Waals surface area contributed by atoms with E-state index >= 15 is 0 Å². The van der Waals surface area contributed by atoms with Crippen LogP contribution in [-0.4, -0.2) is 18.5 Å². The summed E-state index contributed by atoms with van der Waals surface area (Å²) >= 11 is 5.39. The number of hydrogen-bond acceptors (Lipinski definition) is 2. The fourth-order valence-corrected chi connectivity index (χ4v) is 1.02. The molecule has 1 N–H and O–H groups in total. The zero-order valence-electron chi connectivity index (χ0n) is 7.70. The number of halogens is 1. The summed E-state index contributed by atoms with van der Waals surface area (Å²) in [6.07, 6.45) is -0.436. The zero-order valence-corrected chi connectivity index (χ0v) is 8.46. The predicted molar refractivity (Wildman–Crippen MR) is 55.3 cm³/mol. The molecule has 0 aromatic heterocycles. The SMILES string of the molecule is O=C(NCCCl)OCc1ccccc1. The fraction of sp³-hybridized carbons (Fsp3) is 0.300. The van der Waals surface area contributed by atoms with Gasteiger partial charge in [-0.3, -0.25) is 0 Å². The molecule has 3 nitrogen and oxygen atoms in total. The smallest absolute Gasteiger partial charge is 0.407 e. The Labute approximate surface area is 88.0 Å². The summed E-state index contributed by atoms with van der Waals surface area (Å²) < 4.78 is 4.92. The van der Waals surface area contributed by atoms with Crippen molar-refractivity contribution in [2.24, 2.45) is 0 Å². The summed E-state index contributed by atoms with van der Waals surface area (Å²) in [6, 6.07) is 9.51. The van der Waals surface area contributed by atoms with Gasteiger partial charge >= 0.3 is 6.09 Å². The highest BCUT2D eigenvalue weighted by molar-refractivity contribution is 6.18. The summed E-state index contributed by atoms with van der Waals surface area (Å²) in [5, 5.41) is 2.51. The highest BCUT2D eigenvalue weighted by atomic mass is 35.5. The summed E-state index contributed by atoms with van der Waals surface area (Å²) in [7, 11) is 0. The van der Waals surface area contributed by atoms with Crippen LogP contribution in [0, 0.1) is 0 Å². The maximum absolute atomic E-state index is 11.0. The van der Waals surface area contributed by atoms with Crippen molar-refractivity contribution in [3.05, 3.63) is 35.9 Å². The molecule has 14 heavy (non-hydrogen) atoms. The Morgan fingerprint density at radius 2 is 2.07 bits per heavy atom. The number of amides is 1. The van der Waals surface area contributed by atoms with E-state index < -0.39 is 6.09 Å². The van der Waals surface area contributed by atoms with Crippen molar-refractivity contribution in [1.82, 2.24) is 5.32 Å². The normalized spacial score (nSPS) is 9.50. The molecule has 0 atom stereocenters. The molecule has 0 aliphatic carbocycles. The van der Waals surface area contributed by atoms with E-state index in [4.69, 9.17) is 16.3 Å². The molecule has 1 aromatic rings. The first-order chi connectivity index (χ1) is 6.83. The average molecular weight is 214 g/mol. The van der Waals surface area contributed by atoms with Crippen molar-refractivity contribution in [3.8, 4) is 0 Å². The zero-order chi connectivity index (χ0) is 10.2. The van der Waals surface area contributed by atoms with Gasteiger partial charge in [-0.15, -0.1) is 11.6 Å². The van der Waals surface area contributed by atoms with Crippen molar-refractivity contribution in [1.29, 1.82) is 0 Å². The summed E-state index contributed by atoms with van der Waals surface area (Å²) in [5.41, 5.74) is 0.966. The Morgan fingerprint density at radius 3 is 2.71 bits per heavy atom. The Balaban J connectivity index is 2.24. The molecule has 1 aromatic carbocycles. The second-order valence-corrected chi connectivity index (χ2v) is 3.06. The largest absolute Gasteiger partial charge is 0.445 e. The number of alkyl carbamates (subject to hydrolysis) is 1. The highest BCUT2D eigenvalue weighted by Gasteiger charge is 2.00. The number of ether oxygens (including phenoxy) is 1. The number of benzene rings is 1. The van der Waals surface area contributed by atoms with Gasteiger partial charge in [0.2, 0.25) is 0 Å². The number of hydrogen-bond donors (Lipinski definition) is 1. The van der Waals surface area contributed by atoms with E-state index in [1.165, 1.54) is 0 Å². The first-order valence-corrected chi connectivity index (χ1v) is 4.87. The molecule has 0 bridgehead atoms. The minimum Gasteiger partial charge on any atom is -0.445 e. The van der Waals surface area contributed by atoms with Crippen molar-refractivity contribution >= 4 is 17.7 Å². The van der Waals surface area contributed by atoms with Gasteiger partial charge in [0.15, 0.2) is 0 Å². The summed E-state index contributed by atoms with van der Waals surface area (Å²) in [6.45, 7) is 0.712. The van der Waals surface area contributed by atoms with Crippen molar-refractivity contribution in [3.63, 3.8) is 0 Å². The topological polar surface area (TPSA) is 38.3 Å². The third kappa shape index (κ3) is 4.14. The first kappa shape index (κ1) is 10.9. The van der Waals surface area contributed by atoms with Gasteiger partial charge in [-0.25, -0.2) is 4.79 Å². The molecule has 0 unspecified atom stereocenters. The van der Waals surface area contributed by atoms with Gasteiger partial charge in [-0.1, -0.05) is 30.3 Å². The maximum atomic E-state index is 11.0. The van der Waals surface area contributed by atoms with Crippen LogP contribution in [0.3, 0.4) is 0 Å². The minimum absolute atomic E-state index is 0.287.